The predicted octanol–water partition coefficient (Wildman–Crippen LogP) is 5.53. The molecule has 1 aromatic heterocycles. The Morgan fingerprint density at radius 2 is 1.78 bits per heavy atom. The molecule has 1 N–H and O–H groups in total. The number of rotatable bonds is 7. The fraction of sp³-hybridized carbons (Fsp3) is 0.160. The predicted molar refractivity (Wildman–Crippen MR) is 125 cm³/mol. The second-order valence-electron chi connectivity index (χ2n) is 7.27. The minimum Gasteiger partial charge on any atom is -0.452 e. The summed E-state index contributed by atoms with van der Waals surface area (Å²) < 4.78 is 11.0. The number of nitrogens with zero attached hydrogens (tertiary/aromatic N) is 1. The van der Waals surface area contributed by atoms with Gasteiger partial charge in [-0.15, -0.1) is 0 Å². The summed E-state index contributed by atoms with van der Waals surface area (Å²) in [5.74, 6) is -0.451. The fourth-order valence-electron chi connectivity index (χ4n) is 3.18. The van der Waals surface area contributed by atoms with Crippen LogP contribution < -0.4 is 5.32 Å². The van der Waals surface area contributed by atoms with E-state index in [9.17, 15) is 9.59 Å². The van der Waals surface area contributed by atoms with Crippen molar-refractivity contribution < 1.29 is 18.7 Å². The quantitative estimate of drug-likeness (QED) is 0.297. The van der Waals surface area contributed by atoms with Gasteiger partial charge in [0.25, 0.3) is 11.1 Å². The Kier molecular flexibility index (Phi) is 6.56. The second kappa shape index (κ2) is 9.70. The molecule has 0 fully saturated rings. The van der Waals surface area contributed by atoms with Gasteiger partial charge in [0.1, 0.15) is 5.52 Å². The van der Waals surface area contributed by atoms with E-state index in [1.807, 2.05) is 68.4 Å². The Labute approximate surface area is 190 Å². The number of thioether (sulfide) groups is 1. The molecule has 7 heteroatoms. The van der Waals surface area contributed by atoms with E-state index < -0.39 is 5.97 Å². The molecule has 0 aliphatic carbocycles. The number of nitrogens with one attached hydrogen (secondary N) is 1. The molecule has 0 saturated carbocycles. The number of para-hydroxylation sites is 2. The average Bonchev–Trinajstić information content (AvgIpc) is 3.22. The average molecular weight is 447 g/mol. The molecule has 0 aliphatic rings. The van der Waals surface area contributed by atoms with Gasteiger partial charge in [0, 0.05) is 11.4 Å². The largest absolute Gasteiger partial charge is 0.452 e. The molecular weight excluding hydrogens is 424 g/mol. The van der Waals surface area contributed by atoms with Crippen LogP contribution in [0.4, 0.5) is 5.69 Å². The minimum absolute atomic E-state index is 0.362. The van der Waals surface area contributed by atoms with Crippen LogP contribution in [0.5, 0.6) is 0 Å². The van der Waals surface area contributed by atoms with E-state index in [0.717, 1.165) is 27.8 Å². The van der Waals surface area contributed by atoms with Gasteiger partial charge in [-0.2, -0.15) is 0 Å². The Balaban J connectivity index is 1.37. The maximum Gasteiger partial charge on any atom is 0.338 e. The summed E-state index contributed by atoms with van der Waals surface area (Å²) in [5.41, 5.74) is 5.46. The van der Waals surface area contributed by atoms with E-state index in [1.54, 1.807) is 12.1 Å². The van der Waals surface area contributed by atoms with Crippen molar-refractivity contribution in [3.8, 4) is 0 Å². The van der Waals surface area contributed by atoms with Crippen LogP contribution in [-0.2, 0) is 15.3 Å². The smallest absolute Gasteiger partial charge is 0.338 e. The van der Waals surface area contributed by atoms with E-state index in [-0.39, 0.29) is 12.5 Å². The summed E-state index contributed by atoms with van der Waals surface area (Å²) >= 11 is 1.40. The van der Waals surface area contributed by atoms with Crippen LogP contribution in [-0.4, -0.2) is 23.5 Å². The van der Waals surface area contributed by atoms with Crippen molar-refractivity contribution >= 4 is 40.4 Å². The van der Waals surface area contributed by atoms with Crippen LogP contribution >= 0.6 is 11.8 Å². The highest BCUT2D eigenvalue weighted by molar-refractivity contribution is 7.98. The summed E-state index contributed by atoms with van der Waals surface area (Å²) in [6.07, 6.45) is 0. The van der Waals surface area contributed by atoms with Gasteiger partial charge >= 0.3 is 5.97 Å². The first-order chi connectivity index (χ1) is 15.5. The van der Waals surface area contributed by atoms with Crippen LogP contribution in [0.2, 0.25) is 0 Å². The van der Waals surface area contributed by atoms with Crippen molar-refractivity contribution in [3.05, 3.63) is 89.0 Å². The van der Waals surface area contributed by atoms with Gasteiger partial charge in [0.15, 0.2) is 12.2 Å². The molecule has 0 aliphatic heterocycles. The van der Waals surface area contributed by atoms with Gasteiger partial charge in [0.2, 0.25) is 0 Å². The first kappa shape index (κ1) is 21.6. The van der Waals surface area contributed by atoms with E-state index in [1.165, 1.54) is 11.8 Å². The summed E-state index contributed by atoms with van der Waals surface area (Å²) in [7, 11) is 0. The number of aromatic nitrogens is 1. The van der Waals surface area contributed by atoms with E-state index in [0.29, 0.717) is 22.2 Å². The highest BCUT2D eigenvalue weighted by Gasteiger charge is 2.16. The Bertz CT molecular complexity index is 1250. The maximum absolute atomic E-state index is 12.6. The third kappa shape index (κ3) is 5.00. The molecule has 6 nitrogen and oxygen atoms in total. The normalized spacial score (nSPS) is 10.8. The molecule has 0 bridgehead atoms. The van der Waals surface area contributed by atoms with Gasteiger partial charge in [-0.25, -0.2) is 9.78 Å². The van der Waals surface area contributed by atoms with Crippen LogP contribution in [0.25, 0.3) is 11.1 Å². The van der Waals surface area contributed by atoms with E-state index in [4.69, 9.17) is 9.15 Å². The van der Waals surface area contributed by atoms with Gasteiger partial charge in [-0.05, 0) is 54.8 Å². The number of fused-ring (bicyclic) bond motifs is 1. The number of esters is 1. The minimum atomic E-state index is -0.546. The van der Waals surface area contributed by atoms with Crippen LogP contribution in [0.3, 0.4) is 0 Å². The number of oxazole rings is 1. The molecule has 1 amide bonds. The Hall–Kier alpha value is -3.58. The molecule has 0 saturated heterocycles. The molecule has 3 aromatic carbocycles. The Morgan fingerprint density at radius 3 is 2.62 bits per heavy atom. The third-order valence-corrected chi connectivity index (χ3v) is 5.95. The number of anilines is 1. The molecule has 0 unspecified atom stereocenters. The number of carbonyl (C=O) groups is 2. The third-order valence-electron chi connectivity index (χ3n) is 5.08. The number of hydrogen-bond acceptors (Lipinski definition) is 6. The monoisotopic (exact) mass is 446 g/mol. The van der Waals surface area contributed by atoms with E-state index >= 15 is 0 Å². The van der Waals surface area contributed by atoms with Crippen LogP contribution in [0.1, 0.15) is 27.0 Å². The van der Waals surface area contributed by atoms with E-state index in [2.05, 4.69) is 10.3 Å². The zero-order valence-corrected chi connectivity index (χ0v) is 18.6. The lowest BCUT2D eigenvalue weighted by atomic mass is 10.1. The number of amides is 1. The molecule has 0 spiro atoms. The molecular formula is C25H22N2O4S. The lowest BCUT2D eigenvalue weighted by molar-refractivity contribution is -0.119. The van der Waals surface area contributed by atoms with Gasteiger partial charge in [-0.3, -0.25) is 4.79 Å². The highest BCUT2D eigenvalue weighted by Crippen LogP contribution is 2.27. The zero-order chi connectivity index (χ0) is 22.5. The molecule has 162 valence electrons. The molecule has 0 radical (unpaired) electrons. The van der Waals surface area contributed by atoms with Crippen LogP contribution in [0, 0.1) is 13.8 Å². The molecule has 32 heavy (non-hydrogen) atoms. The number of ether oxygens (including phenoxy) is 1. The summed E-state index contributed by atoms with van der Waals surface area (Å²) in [5, 5.41) is 3.32. The number of hydrogen-bond donors (Lipinski definition) is 1. The number of carbonyl (C=O) groups excluding carboxylic acids is 2. The Morgan fingerprint density at radius 1 is 1.00 bits per heavy atom. The molecule has 4 aromatic rings. The first-order valence-electron chi connectivity index (χ1n) is 10.1. The van der Waals surface area contributed by atoms with Crippen molar-refractivity contribution in [2.24, 2.45) is 0 Å². The standard InChI is InChI=1S/C25H22N2O4S/c1-16-8-7-12-20(17(16)2)26-23(28)14-30-24(29)19-10-4-3-9-18(19)15-32-25-27-21-11-5-6-13-22(21)31-25/h3-13H,14-15H2,1-2H3,(H,26,28). The number of aryl methyl sites for hydroxylation is 1. The summed E-state index contributed by atoms with van der Waals surface area (Å²) in [6.45, 7) is 3.54. The molecule has 4 rings (SSSR count). The van der Waals surface area contributed by atoms with Gasteiger partial charge in [-0.1, -0.05) is 54.2 Å². The maximum atomic E-state index is 12.6. The van der Waals surface area contributed by atoms with Crippen molar-refractivity contribution in [2.45, 2.75) is 24.8 Å². The SMILES string of the molecule is Cc1cccc(NC(=O)COC(=O)c2ccccc2CSc2nc3ccccc3o2)c1C. The second-order valence-corrected chi connectivity index (χ2v) is 8.19. The van der Waals surface area contributed by atoms with Crippen molar-refractivity contribution in [2.75, 3.05) is 11.9 Å². The molecule has 1 heterocycles. The van der Waals surface area contributed by atoms with Crippen molar-refractivity contribution in [1.82, 2.24) is 4.98 Å². The molecule has 0 atom stereocenters. The topological polar surface area (TPSA) is 81.4 Å². The van der Waals surface area contributed by atoms with Gasteiger partial charge < -0.3 is 14.5 Å². The lowest BCUT2D eigenvalue weighted by Gasteiger charge is -2.11. The summed E-state index contributed by atoms with van der Waals surface area (Å²) in [4.78, 5) is 29.4. The fourth-order valence-corrected chi connectivity index (χ4v) is 4.02. The lowest BCUT2D eigenvalue weighted by Crippen LogP contribution is -2.22. The number of benzene rings is 3. The highest BCUT2D eigenvalue weighted by atomic mass is 32.2. The van der Waals surface area contributed by atoms with Crippen LogP contribution in [0.15, 0.2) is 76.4 Å². The first-order valence-corrected chi connectivity index (χ1v) is 11.1. The summed E-state index contributed by atoms with van der Waals surface area (Å²) in [6, 6.07) is 20.4. The van der Waals surface area contributed by atoms with Gasteiger partial charge in [0.05, 0.1) is 5.56 Å². The van der Waals surface area contributed by atoms with Crippen molar-refractivity contribution in [3.63, 3.8) is 0 Å². The van der Waals surface area contributed by atoms with Crippen molar-refractivity contribution in [1.29, 1.82) is 0 Å². The zero-order valence-electron chi connectivity index (χ0n) is 17.8.